The van der Waals surface area contributed by atoms with Crippen molar-refractivity contribution in [3.05, 3.63) is 0 Å². The molecule has 0 aromatic carbocycles. The summed E-state index contributed by atoms with van der Waals surface area (Å²) in [5, 5.41) is 6.36. The number of rotatable bonds is 2. The highest BCUT2D eigenvalue weighted by Crippen LogP contribution is 2.09. The fourth-order valence-electron chi connectivity index (χ4n) is 1.63. The Labute approximate surface area is 80.3 Å². The molecule has 1 fully saturated rings. The van der Waals surface area contributed by atoms with Crippen molar-refractivity contribution in [3.8, 4) is 0 Å². The molecule has 3 nitrogen and oxygen atoms in total. The lowest BCUT2D eigenvalue weighted by molar-refractivity contribution is -0.124. The van der Waals surface area contributed by atoms with Crippen molar-refractivity contribution in [2.24, 2.45) is 11.8 Å². The van der Waals surface area contributed by atoms with Crippen molar-refractivity contribution in [2.45, 2.75) is 33.2 Å². The second-order valence-electron chi connectivity index (χ2n) is 4.36. The van der Waals surface area contributed by atoms with Crippen molar-refractivity contribution >= 4 is 5.91 Å². The van der Waals surface area contributed by atoms with Gasteiger partial charge in [-0.1, -0.05) is 20.8 Å². The molecule has 0 aromatic heterocycles. The number of carbonyl (C=O) groups excluding carboxylic acids is 1. The van der Waals surface area contributed by atoms with Crippen LogP contribution in [0.25, 0.3) is 0 Å². The first-order valence-electron chi connectivity index (χ1n) is 5.10. The Bertz CT molecular complexity index is 180. The van der Waals surface area contributed by atoms with Gasteiger partial charge >= 0.3 is 0 Å². The highest BCUT2D eigenvalue weighted by molar-refractivity contribution is 5.78. The van der Waals surface area contributed by atoms with Crippen LogP contribution in [0.15, 0.2) is 0 Å². The van der Waals surface area contributed by atoms with Crippen molar-refractivity contribution < 1.29 is 4.79 Å². The second kappa shape index (κ2) is 4.61. The summed E-state index contributed by atoms with van der Waals surface area (Å²) in [5.41, 5.74) is 0. The maximum Gasteiger partial charge on any atom is 0.222 e. The van der Waals surface area contributed by atoms with Crippen LogP contribution in [0, 0.1) is 11.8 Å². The average molecular weight is 184 g/mol. The third-order valence-electron chi connectivity index (χ3n) is 2.44. The summed E-state index contributed by atoms with van der Waals surface area (Å²) >= 11 is 0. The summed E-state index contributed by atoms with van der Waals surface area (Å²) in [7, 11) is 0. The lowest BCUT2D eigenvalue weighted by atomic mass is 9.97. The molecule has 0 aromatic rings. The molecule has 1 aliphatic heterocycles. The summed E-state index contributed by atoms with van der Waals surface area (Å²) in [6.45, 7) is 8.06. The van der Waals surface area contributed by atoms with Crippen molar-refractivity contribution in [3.63, 3.8) is 0 Å². The molecule has 2 N–H and O–H groups in total. The monoisotopic (exact) mass is 184 g/mol. The largest absolute Gasteiger partial charge is 0.352 e. The number of amides is 1. The van der Waals surface area contributed by atoms with E-state index in [1.165, 1.54) is 0 Å². The summed E-state index contributed by atoms with van der Waals surface area (Å²) in [6, 6.07) is 0.332. The van der Waals surface area contributed by atoms with Gasteiger partial charge in [0.15, 0.2) is 0 Å². The topological polar surface area (TPSA) is 41.1 Å². The third-order valence-corrected chi connectivity index (χ3v) is 2.44. The molecule has 76 valence electrons. The minimum atomic E-state index is 0.0947. The molecule has 3 heteroatoms. The third kappa shape index (κ3) is 3.35. The molecule has 1 amide bonds. The molecule has 0 bridgehead atoms. The molecule has 0 radical (unpaired) electrons. The van der Waals surface area contributed by atoms with E-state index in [-0.39, 0.29) is 11.8 Å². The van der Waals surface area contributed by atoms with Crippen LogP contribution in [-0.4, -0.2) is 25.0 Å². The van der Waals surface area contributed by atoms with Crippen LogP contribution in [0.4, 0.5) is 0 Å². The van der Waals surface area contributed by atoms with Crippen LogP contribution in [-0.2, 0) is 4.79 Å². The molecule has 2 atom stereocenters. The van der Waals surface area contributed by atoms with Gasteiger partial charge in [0.25, 0.3) is 0 Å². The molecule has 13 heavy (non-hydrogen) atoms. The average Bonchev–Trinajstić information content (AvgIpc) is 2.04. The zero-order chi connectivity index (χ0) is 9.84. The Morgan fingerprint density at radius 3 is 2.69 bits per heavy atom. The maximum atomic E-state index is 11.4. The van der Waals surface area contributed by atoms with E-state index >= 15 is 0 Å². The van der Waals surface area contributed by atoms with Crippen LogP contribution in [0.5, 0.6) is 0 Å². The van der Waals surface area contributed by atoms with E-state index in [0.717, 1.165) is 19.5 Å². The fraction of sp³-hybridized carbons (Fsp3) is 0.900. The van der Waals surface area contributed by atoms with E-state index in [2.05, 4.69) is 17.6 Å². The Kier molecular flexibility index (Phi) is 3.72. The Balaban J connectivity index is 2.31. The molecule has 2 unspecified atom stereocenters. The van der Waals surface area contributed by atoms with Gasteiger partial charge in [-0.2, -0.15) is 0 Å². The number of piperidine rings is 1. The van der Waals surface area contributed by atoms with Gasteiger partial charge in [-0.25, -0.2) is 0 Å². The zero-order valence-corrected chi connectivity index (χ0v) is 8.76. The number of hydrogen-bond donors (Lipinski definition) is 2. The van der Waals surface area contributed by atoms with Gasteiger partial charge < -0.3 is 10.6 Å². The summed E-state index contributed by atoms with van der Waals surface area (Å²) in [6.07, 6.45) is 1.10. The standard InChI is InChI=1S/C10H20N2O/c1-7(2)10(13)12-9-4-8(3)5-11-6-9/h7-9,11H,4-6H2,1-3H3,(H,12,13). The molecular weight excluding hydrogens is 164 g/mol. The van der Waals surface area contributed by atoms with Crippen LogP contribution in [0.2, 0.25) is 0 Å². The smallest absolute Gasteiger partial charge is 0.222 e. The summed E-state index contributed by atoms with van der Waals surface area (Å²) < 4.78 is 0. The van der Waals surface area contributed by atoms with Gasteiger partial charge in [0.05, 0.1) is 0 Å². The van der Waals surface area contributed by atoms with E-state index in [0.29, 0.717) is 12.0 Å². The van der Waals surface area contributed by atoms with Crippen molar-refractivity contribution in [1.82, 2.24) is 10.6 Å². The molecule has 0 aliphatic carbocycles. The number of carbonyl (C=O) groups is 1. The Hall–Kier alpha value is -0.570. The minimum absolute atomic E-state index is 0.0947. The predicted molar refractivity (Wildman–Crippen MR) is 53.4 cm³/mol. The van der Waals surface area contributed by atoms with Gasteiger partial charge in [0.1, 0.15) is 0 Å². The number of nitrogens with one attached hydrogen (secondary N) is 2. The lowest BCUT2D eigenvalue weighted by Crippen LogP contribution is -2.49. The first-order valence-corrected chi connectivity index (χ1v) is 5.10. The van der Waals surface area contributed by atoms with E-state index < -0.39 is 0 Å². The van der Waals surface area contributed by atoms with Crippen molar-refractivity contribution in [2.75, 3.05) is 13.1 Å². The minimum Gasteiger partial charge on any atom is -0.352 e. The molecule has 0 spiro atoms. The van der Waals surface area contributed by atoms with Crippen LogP contribution < -0.4 is 10.6 Å². The second-order valence-corrected chi connectivity index (χ2v) is 4.36. The summed E-state index contributed by atoms with van der Waals surface area (Å²) in [4.78, 5) is 11.4. The van der Waals surface area contributed by atoms with E-state index in [1.54, 1.807) is 0 Å². The molecule has 1 saturated heterocycles. The molecule has 1 heterocycles. The first-order chi connectivity index (χ1) is 6.09. The quantitative estimate of drug-likeness (QED) is 0.665. The molecular formula is C10H20N2O. The Morgan fingerprint density at radius 1 is 1.46 bits per heavy atom. The van der Waals surface area contributed by atoms with Gasteiger partial charge in [0, 0.05) is 18.5 Å². The fourth-order valence-corrected chi connectivity index (χ4v) is 1.63. The zero-order valence-electron chi connectivity index (χ0n) is 8.76. The van der Waals surface area contributed by atoms with Crippen LogP contribution in [0.3, 0.4) is 0 Å². The highest BCUT2D eigenvalue weighted by atomic mass is 16.1. The normalized spacial score (nSPS) is 28.9. The first kappa shape index (κ1) is 10.5. The van der Waals surface area contributed by atoms with Gasteiger partial charge in [-0.15, -0.1) is 0 Å². The predicted octanol–water partition coefficient (Wildman–Crippen LogP) is 0.757. The Morgan fingerprint density at radius 2 is 2.15 bits per heavy atom. The summed E-state index contributed by atoms with van der Waals surface area (Å²) in [5.74, 6) is 0.935. The maximum absolute atomic E-state index is 11.4. The van der Waals surface area contributed by atoms with Gasteiger partial charge in [-0.05, 0) is 18.9 Å². The molecule has 1 rings (SSSR count). The van der Waals surface area contributed by atoms with E-state index in [4.69, 9.17) is 0 Å². The molecule has 0 saturated carbocycles. The van der Waals surface area contributed by atoms with E-state index in [1.807, 2.05) is 13.8 Å². The van der Waals surface area contributed by atoms with Gasteiger partial charge in [0.2, 0.25) is 5.91 Å². The molecule has 1 aliphatic rings. The highest BCUT2D eigenvalue weighted by Gasteiger charge is 2.20. The van der Waals surface area contributed by atoms with Crippen molar-refractivity contribution in [1.29, 1.82) is 0 Å². The SMILES string of the molecule is CC1CNCC(NC(=O)C(C)C)C1. The van der Waals surface area contributed by atoms with Crippen LogP contribution >= 0.6 is 0 Å². The van der Waals surface area contributed by atoms with Gasteiger partial charge in [-0.3, -0.25) is 4.79 Å². The number of hydrogen-bond acceptors (Lipinski definition) is 2. The van der Waals surface area contributed by atoms with Crippen LogP contribution in [0.1, 0.15) is 27.2 Å². The lowest BCUT2D eigenvalue weighted by Gasteiger charge is -2.28. The van der Waals surface area contributed by atoms with E-state index in [9.17, 15) is 4.79 Å².